The van der Waals surface area contributed by atoms with Crippen molar-refractivity contribution < 1.29 is 14.3 Å². The molecule has 1 N–H and O–H groups in total. The Morgan fingerprint density at radius 3 is 2.54 bits per heavy atom. The van der Waals surface area contributed by atoms with Gasteiger partial charge in [-0.05, 0) is 79.7 Å². The topological polar surface area (TPSA) is 57.4 Å². The molecule has 37 heavy (non-hydrogen) atoms. The lowest BCUT2D eigenvalue weighted by Crippen LogP contribution is -2.30. The van der Waals surface area contributed by atoms with Crippen LogP contribution < -0.4 is 14.8 Å². The van der Waals surface area contributed by atoms with E-state index in [0.717, 1.165) is 57.9 Å². The van der Waals surface area contributed by atoms with Gasteiger partial charge in [-0.3, -0.25) is 4.79 Å². The van der Waals surface area contributed by atoms with Gasteiger partial charge in [0.15, 0.2) is 0 Å². The minimum absolute atomic E-state index is 0.0434. The summed E-state index contributed by atoms with van der Waals surface area (Å²) < 4.78 is 17.3. The molecule has 0 saturated carbocycles. The highest BCUT2D eigenvalue weighted by Gasteiger charge is 2.21. The van der Waals surface area contributed by atoms with Crippen LogP contribution in [0.3, 0.4) is 0 Å². The SMILES string of the molecule is Cn1c(C(=O)c2cn(CCOc3ccc(OCC4CCNCC4)cc3)c3ccccc23)cc2sccc21. The number of para-hydroxylation sites is 1. The fourth-order valence-electron chi connectivity index (χ4n) is 5.18. The molecule has 1 aliphatic heterocycles. The molecule has 0 spiro atoms. The number of nitrogens with one attached hydrogen (secondary N) is 1. The van der Waals surface area contributed by atoms with Gasteiger partial charge in [0.05, 0.1) is 29.1 Å². The summed E-state index contributed by atoms with van der Waals surface area (Å²) in [5.74, 6) is 2.36. The molecule has 2 aromatic carbocycles. The third-order valence-electron chi connectivity index (χ3n) is 7.30. The number of hydrogen-bond donors (Lipinski definition) is 1. The van der Waals surface area contributed by atoms with Crippen LogP contribution in [0.4, 0.5) is 0 Å². The van der Waals surface area contributed by atoms with Crippen LogP contribution in [0.5, 0.6) is 11.5 Å². The molecular weight excluding hydrogens is 482 g/mol. The van der Waals surface area contributed by atoms with E-state index in [1.165, 1.54) is 12.8 Å². The minimum atomic E-state index is 0.0434. The Labute approximate surface area is 220 Å². The number of benzene rings is 2. The van der Waals surface area contributed by atoms with E-state index >= 15 is 0 Å². The first-order valence-corrected chi connectivity index (χ1v) is 13.8. The van der Waals surface area contributed by atoms with Crippen molar-refractivity contribution in [3.8, 4) is 11.5 Å². The van der Waals surface area contributed by atoms with Crippen LogP contribution in [-0.2, 0) is 13.6 Å². The highest BCUT2D eigenvalue weighted by atomic mass is 32.1. The molecule has 5 aromatic rings. The van der Waals surface area contributed by atoms with Gasteiger partial charge >= 0.3 is 0 Å². The third-order valence-corrected chi connectivity index (χ3v) is 8.15. The third kappa shape index (κ3) is 4.89. The number of thiophene rings is 1. The first-order valence-electron chi connectivity index (χ1n) is 12.9. The molecule has 7 heteroatoms. The Balaban J connectivity index is 1.12. The number of ether oxygens (including phenoxy) is 2. The highest BCUT2D eigenvalue weighted by molar-refractivity contribution is 7.17. The Morgan fingerprint density at radius 1 is 1.00 bits per heavy atom. The van der Waals surface area contributed by atoms with E-state index < -0.39 is 0 Å². The van der Waals surface area contributed by atoms with Crippen LogP contribution in [0.1, 0.15) is 28.9 Å². The number of rotatable bonds is 9. The molecule has 0 radical (unpaired) electrons. The zero-order valence-corrected chi connectivity index (χ0v) is 21.8. The van der Waals surface area contributed by atoms with Crippen molar-refractivity contribution in [3.63, 3.8) is 0 Å². The second-order valence-electron chi connectivity index (χ2n) is 9.67. The van der Waals surface area contributed by atoms with Crippen molar-refractivity contribution in [1.29, 1.82) is 0 Å². The molecule has 0 bridgehead atoms. The molecule has 4 heterocycles. The summed E-state index contributed by atoms with van der Waals surface area (Å²) in [6, 6.07) is 20.0. The van der Waals surface area contributed by atoms with Gasteiger partial charge in [-0.2, -0.15) is 0 Å². The van der Waals surface area contributed by atoms with E-state index in [1.54, 1.807) is 11.3 Å². The molecule has 0 amide bonds. The number of nitrogens with zero attached hydrogens (tertiary/aromatic N) is 2. The van der Waals surface area contributed by atoms with E-state index in [4.69, 9.17) is 9.47 Å². The van der Waals surface area contributed by atoms with Crippen LogP contribution in [0.15, 0.2) is 72.2 Å². The number of hydrogen-bond acceptors (Lipinski definition) is 5. The quantitative estimate of drug-likeness (QED) is 0.250. The maximum Gasteiger partial charge on any atom is 0.211 e. The monoisotopic (exact) mass is 513 g/mol. The molecule has 0 unspecified atom stereocenters. The van der Waals surface area contributed by atoms with Gasteiger partial charge < -0.3 is 23.9 Å². The summed E-state index contributed by atoms with van der Waals surface area (Å²) in [5, 5.41) is 6.41. The van der Waals surface area contributed by atoms with Crippen LogP contribution in [0.25, 0.3) is 21.1 Å². The van der Waals surface area contributed by atoms with E-state index in [-0.39, 0.29) is 5.78 Å². The molecule has 1 fully saturated rings. The van der Waals surface area contributed by atoms with Crippen molar-refractivity contribution in [3.05, 3.63) is 83.5 Å². The molecule has 190 valence electrons. The number of ketones is 1. The molecular formula is C30H31N3O3S. The Kier molecular flexibility index (Phi) is 6.72. The fourth-order valence-corrected chi connectivity index (χ4v) is 6.02. The fraction of sp³-hybridized carbons (Fsp3) is 0.300. The first kappa shape index (κ1) is 23.8. The summed E-state index contributed by atoms with van der Waals surface area (Å²) in [6.45, 7) is 4.08. The maximum atomic E-state index is 13.6. The largest absolute Gasteiger partial charge is 0.493 e. The van der Waals surface area contributed by atoms with E-state index in [1.807, 2.05) is 66.3 Å². The average molecular weight is 514 g/mol. The second-order valence-corrected chi connectivity index (χ2v) is 10.6. The summed E-state index contributed by atoms with van der Waals surface area (Å²) in [7, 11) is 1.96. The molecule has 6 nitrogen and oxygen atoms in total. The normalized spacial score (nSPS) is 14.4. The van der Waals surface area contributed by atoms with Crippen molar-refractivity contribution in [2.24, 2.45) is 13.0 Å². The van der Waals surface area contributed by atoms with Crippen LogP contribution in [-0.4, -0.2) is 41.2 Å². The van der Waals surface area contributed by atoms with E-state index in [9.17, 15) is 4.79 Å². The number of carbonyl (C=O) groups is 1. The average Bonchev–Trinajstić information content (AvgIpc) is 3.64. The molecule has 3 aromatic heterocycles. The maximum absolute atomic E-state index is 13.6. The first-order chi connectivity index (χ1) is 18.2. The summed E-state index contributed by atoms with van der Waals surface area (Å²) >= 11 is 1.66. The predicted octanol–water partition coefficient (Wildman–Crippen LogP) is 5.88. The molecule has 1 aliphatic rings. The van der Waals surface area contributed by atoms with Gasteiger partial charge in [0.25, 0.3) is 0 Å². The number of aromatic nitrogens is 2. The van der Waals surface area contributed by atoms with Crippen molar-refractivity contribution in [2.75, 3.05) is 26.3 Å². The second kappa shape index (κ2) is 10.4. The molecule has 1 saturated heterocycles. The zero-order chi connectivity index (χ0) is 25.2. The lowest BCUT2D eigenvalue weighted by atomic mass is 9.99. The van der Waals surface area contributed by atoms with Gasteiger partial charge in [0.2, 0.25) is 5.78 Å². The number of aryl methyl sites for hydroxylation is 1. The van der Waals surface area contributed by atoms with Crippen LogP contribution >= 0.6 is 11.3 Å². The molecule has 0 aliphatic carbocycles. The summed E-state index contributed by atoms with van der Waals surface area (Å²) in [6.07, 6.45) is 4.31. The lowest BCUT2D eigenvalue weighted by Gasteiger charge is -2.22. The van der Waals surface area contributed by atoms with E-state index in [0.29, 0.717) is 24.8 Å². The molecule has 6 rings (SSSR count). The van der Waals surface area contributed by atoms with E-state index in [2.05, 4.69) is 27.4 Å². The van der Waals surface area contributed by atoms with Crippen LogP contribution in [0.2, 0.25) is 0 Å². The van der Waals surface area contributed by atoms with Gasteiger partial charge in [0, 0.05) is 29.7 Å². The summed E-state index contributed by atoms with van der Waals surface area (Å²) in [5.41, 5.74) is 3.56. The Hall–Kier alpha value is -3.55. The smallest absolute Gasteiger partial charge is 0.211 e. The van der Waals surface area contributed by atoms with Gasteiger partial charge in [-0.25, -0.2) is 0 Å². The van der Waals surface area contributed by atoms with Gasteiger partial charge in [0.1, 0.15) is 18.1 Å². The van der Waals surface area contributed by atoms with Crippen LogP contribution in [0, 0.1) is 5.92 Å². The standard InChI is InChI=1S/C30H31N3O3S/c1-32-27-12-17-37-29(27)18-28(32)30(34)25-19-33(26-5-3-2-4-24(25)26)15-16-35-22-6-8-23(9-7-22)36-20-21-10-13-31-14-11-21/h2-9,12,17-19,21,31H,10-11,13-16,20H2,1H3. The van der Waals surface area contributed by atoms with Gasteiger partial charge in [-0.1, -0.05) is 18.2 Å². The Morgan fingerprint density at radius 2 is 1.76 bits per heavy atom. The zero-order valence-electron chi connectivity index (χ0n) is 21.0. The van der Waals surface area contributed by atoms with Gasteiger partial charge in [-0.15, -0.1) is 11.3 Å². The summed E-state index contributed by atoms with van der Waals surface area (Å²) in [4.78, 5) is 13.6. The number of carbonyl (C=O) groups excluding carboxylic acids is 1. The molecule has 0 atom stereocenters. The minimum Gasteiger partial charge on any atom is -0.493 e. The highest BCUT2D eigenvalue weighted by Crippen LogP contribution is 2.29. The Bertz CT molecular complexity index is 1520. The number of piperidine rings is 1. The lowest BCUT2D eigenvalue weighted by molar-refractivity contribution is 0.103. The number of fused-ring (bicyclic) bond motifs is 2. The van der Waals surface area contributed by atoms with Crippen molar-refractivity contribution in [2.45, 2.75) is 19.4 Å². The van der Waals surface area contributed by atoms with Crippen molar-refractivity contribution >= 4 is 38.2 Å². The predicted molar refractivity (Wildman–Crippen MR) is 149 cm³/mol. The van der Waals surface area contributed by atoms with Crippen molar-refractivity contribution in [1.82, 2.24) is 14.5 Å².